The van der Waals surface area contributed by atoms with Gasteiger partial charge in [-0.2, -0.15) is 5.26 Å². The van der Waals surface area contributed by atoms with Crippen LogP contribution >= 0.6 is 0 Å². The third kappa shape index (κ3) is 2.60. The van der Waals surface area contributed by atoms with Gasteiger partial charge in [0.15, 0.2) is 0 Å². The second-order valence-corrected chi connectivity index (χ2v) is 3.88. The van der Waals surface area contributed by atoms with Crippen molar-refractivity contribution in [3.63, 3.8) is 0 Å². The third-order valence-corrected chi connectivity index (χ3v) is 2.39. The quantitative estimate of drug-likeness (QED) is 0.676. The van der Waals surface area contributed by atoms with Gasteiger partial charge >= 0.3 is 5.69 Å². The van der Waals surface area contributed by atoms with Crippen molar-refractivity contribution < 1.29 is 4.79 Å². The summed E-state index contributed by atoms with van der Waals surface area (Å²) < 4.78 is 1.01. The van der Waals surface area contributed by atoms with Gasteiger partial charge in [-0.1, -0.05) is 0 Å². The number of hydrogen-bond acceptors (Lipinski definition) is 4. The highest BCUT2D eigenvalue weighted by atomic mass is 16.2. The van der Waals surface area contributed by atoms with E-state index in [4.69, 9.17) is 5.26 Å². The van der Waals surface area contributed by atoms with Crippen molar-refractivity contribution >= 4 is 5.91 Å². The molecule has 0 aliphatic heterocycles. The number of nitriles is 1. The fraction of sp³-hybridized carbons (Fsp3) is 0.400. The van der Waals surface area contributed by atoms with Gasteiger partial charge in [-0.05, 0) is 12.8 Å². The van der Waals surface area contributed by atoms with Crippen molar-refractivity contribution in [2.45, 2.75) is 25.4 Å². The SMILES string of the molecule is N#Cc1cn(CC(=O)NC2CC2)c(=O)[nH]c1=O. The second-order valence-electron chi connectivity index (χ2n) is 3.88. The van der Waals surface area contributed by atoms with Crippen LogP contribution in [-0.2, 0) is 11.3 Å². The lowest BCUT2D eigenvalue weighted by molar-refractivity contribution is -0.121. The first kappa shape index (κ1) is 11.1. The molecule has 1 amide bonds. The number of carbonyl (C=O) groups is 1. The molecule has 0 unspecified atom stereocenters. The summed E-state index contributed by atoms with van der Waals surface area (Å²) in [6.07, 6.45) is 3.00. The molecule has 1 aliphatic rings. The minimum Gasteiger partial charge on any atom is -0.352 e. The third-order valence-electron chi connectivity index (χ3n) is 2.39. The maximum absolute atomic E-state index is 11.5. The van der Waals surface area contributed by atoms with Crippen molar-refractivity contribution in [2.75, 3.05) is 0 Å². The highest BCUT2D eigenvalue weighted by molar-refractivity contribution is 5.76. The predicted molar refractivity (Wildman–Crippen MR) is 57.2 cm³/mol. The summed E-state index contributed by atoms with van der Waals surface area (Å²) in [4.78, 5) is 35.9. The Kier molecular flexibility index (Phi) is 2.78. The maximum atomic E-state index is 11.5. The smallest absolute Gasteiger partial charge is 0.328 e. The molecule has 0 saturated heterocycles. The Balaban J connectivity index is 2.20. The largest absolute Gasteiger partial charge is 0.352 e. The molecule has 0 aromatic carbocycles. The molecule has 7 nitrogen and oxygen atoms in total. The Bertz CT molecular complexity index is 603. The first-order valence-corrected chi connectivity index (χ1v) is 5.13. The predicted octanol–water partition coefficient (Wildman–Crippen LogP) is -1.31. The molecule has 1 saturated carbocycles. The zero-order valence-corrected chi connectivity index (χ0v) is 8.90. The molecule has 0 spiro atoms. The van der Waals surface area contributed by atoms with Crippen LogP contribution in [0, 0.1) is 11.3 Å². The average Bonchev–Trinajstić information content (AvgIpc) is 3.06. The molecule has 2 rings (SSSR count). The van der Waals surface area contributed by atoms with E-state index in [1.165, 1.54) is 0 Å². The standard InChI is InChI=1S/C10H10N4O3/c11-3-6-4-14(10(17)13-9(6)16)5-8(15)12-7-1-2-7/h4,7H,1-2,5H2,(H,12,15)(H,13,16,17). The van der Waals surface area contributed by atoms with Crippen LogP contribution < -0.4 is 16.6 Å². The van der Waals surface area contributed by atoms with Gasteiger partial charge in [0.2, 0.25) is 5.91 Å². The van der Waals surface area contributed by atoms with Crippen LogP contribution in [0.4, 0.5) is 0 Å². The van der Waals surface area contributed by atoms with Gasteiger partial charge in [0.05, 0.1) is 0 Å². The molecule has 0 radical (unpaired) electrons. The Morgan fingerprint density at radius 3 is 2.88 bits per heavy atom. The van der Waals surface area contributed by atoms with Gasteiger partial charge in [0, 0.05) is 12.2 Å². The van der Waals surface area contributed by atoms with Crippen LogP contribution in [-0.4, -0.2) is 21.5 Å². The summed E-state index contributed by atoms with van der Waals surface area (Å²) >= 11 is 0. The number of aromatic amines is 1. The number of nitrogens with zero attached hydrogens (tertiary/aromatic N) is 2. The van der Waals surface area contributed by atoms with Crippen molar-refractivity contribution in [1.82, 2.24) is 14.9 Å². The van der Waals surface area contributed by atoms with E-state index < -0.39 is 11.2 Å². The van der Waals surface area contributed by atoms with Crippen LogP contribution in [0.5, 0.6) is 0 Å². The average molecular weight is 234 g/mol. The summed E-state index contributed by atoms with van der Waals surface area (Å²) in [6, 6.07) is 1.86. The maximum Gasteiger partial charge on any atom is 0.328 e. The lowest BCUT2D eigenvalue weighted by Crippen LogP contribution is -2.37. The van der Waals surface area contributed by atoms with E-state index in [0.717, 1.165) is 23.6 Å². The molecule has 1 aliphatic carbocycles. The number of amides is 1. The lowest BCUT2D eigenvalue weighted by Gasteiger charge is -2.05. The monoisotopic (exact) mass is 234 g/mol. The number of rotatable bonds is 3. The number of carbonyl (C=O) groups excluding carboxylic acids is 1. The van der Waals surface area contributed by atoms with Crippen LogP contribution in [0.1, 0.15) is 18.4 Å². The van der Waals surface area contributed by atoms with Crippen LogP contribution in [0.2, 0.25) is 0 Å². The van der Waals surface area contributed by atoms with Gasteiger partial charge < -0.3 is 5.32 Å². The fourth-order valence-corrected chi connectivity index (χ4v) is 1.36. The van der Waals surface area contributed by atoms with Crippen molar-refractivity contribution in [2.24, 2.45) is 0 Å². The summed E-state index contributed by atoms with van der Waals surface area (Å²) in [6.45, 7) is -0.194. The molecule has 17 heavy (non-hydrogen) atoms. The highest BCUT2D eigenvalue weighted by Crippen LogP contribution is 2.18. The van der Waals surface area contributed by atoms with Crippen LogP contribution in [0.3, 0.4) is 0 Å². The molecular weight excluding hydrogens is 224 g/mol. The van der Waals surface area contributed by atoms with E-state index in [0.29, 0.717) is 0 Å². The molecule has 88 valence electrons. The molecular formula is C10H10N4O3. The van der Waals surface area contributed by atoms with E-state index in [1.54, 1.807) is 6.07 Å². The molecule has 0 bridgehead atoms. The molecule has 2 N–H and O–H groups in total. The molecule has 0 atom stereocenters. The number of aromatic nitrogens is 2. The van der Waals surface area contributed by atoms with E-state index in [2.05, 4.69) is 5.32 Å². The second kappa shape index (κ2) is 4.25. The van der Waals surface area contributed by atoms with Gasteiger partial charge in [0.25, 0.3) is 5.56 Å². The Morgan fingerprint density at radius 1 is 1.59 bits per heavy atom. The van der Waals surface area contributed by atoms with Crippen molar-refractivity contribution in [3.8, 4) is 6.07 Å². The Morgan fingerprint density at radius 2 is 2.29 bits per heavy atom. The van der Waals surface area contributed by atoms with Crippen molar-refractivity contribution in [1.29, 1.82) is 5.26 Å². The van der Waals surface area contributed by atoms with Gasteiger partial charge in [-0.25, -0.2) is 4.79 Å². The highest BCUT2D eigenvalue weighted by Gasteiger charge is 2.23. The minimum absolute atomic E-state index is 0.191. The minimum atomic E-state index is -0.739. The van der Waals surface area contributed by atoms with Gasteiger partial charge in [0.1, 0.15) is 18.2 Å². The fourth-order valence-electron chi connectivity index (χ4n) is 1.36. The number of hydrogen-bond donors (Lipinski definition) is 2. The van der Waals surface area contributed by atoms with E-state index in [1.807, 2.05) is 4.98 Å². The number of H-pyrrole nitrogens is 1. The van der Waals surface area contributed by atoms with Crippen LogP contribution in [0.15, 0.2) is 15.8 Å². The molecule has 1 aromatic heterocycles. The van der Waals surface area contributed by atoms with E-state index in [9.17, 15) is 14.4 Å². The summed E-state index contributed by atoms with van der Waals surface area (Å²) in [5.74, 6) is -0.300. The summed E-state index contributed by atoms with van der Waals surface area (Å²) in [7, 11) is 0. The summed E-state index contributed by atoms with van der Waals surface area (Å²) in [5, 5.41) is 11.3. The zero-order valence-electron chi connectivity index (χ0n) is 8.90. The Hall–Kier alpha value is -2.36. The van der Waals surface area contributed by atoms with Crippen molar-refractivity contribution in [3.05, 3.63) is 32.6 Å². The number of nitrogens with one attached hydrogen (secondary N) is 2. The van der Waals surface area contributed by atoms with Gasteiger partial charge in [-0.15, -0.1) is 0 Å². The first-order valence-electron chi connectivity index (χ1n) is 5.13. The Labute approximate surface area is 95.7 Å². The topological polar surface area (TPSA) is 108 Å². The van der Waals surface area contributed by atoms with Gasteiger partial charge in [-0.3, -0.25) is 19.1 Å². The first-order chi connectivity index (χ1) is 8.10. The lowest BCUT2D eigenvalue weighted by atomic mass is 10.3. The molecule has 1 heterocycles. The van der Waals surface area contributed by atoms with E-state index in [-0.39, 0.29) is 24.1 Å². The zero-order chi connectivity index (χ0) is 12.4. The van der Waals surface area contributed by atoms with E-state index >= 15 is 0 Å². The van der Waals surface area contributed by atoms with Crippen LogP contribution in [0.25, 0.3) is 0 Å². The molecule has 1 aromatic rings. The molecule has 1 fully saturated rings. The molecule has 7 heteroatoms. The summed E-state index contributed by atoms with van der Waals surface area (Å²) in [5.41, 5.74) is -1.62. The normalized spacial score (nSPS) is 14.1.